The van der Waals surface area contributed by atoms with Crippen LogP contribution in [0.4, 0.5) is 0 Å². The van der Waals surface area contributed by atoms with Crippen molar-refractivity contribution >= 4 is 26.9 Å². The van der Waals surface area contributed by atoms with Gasteiger partial charge in [-0.2, -0.15) is 0 Å². The number of fused-ring (bicyclic) bond motifs is 2. The predicted octanol–water partition coefficient (Wildman–Crippen LogP) is 4.04. The molecule has 0 saturated carbocycles. The molecule has 1 aromatic carbocycles. The zero-order valence-corrected chi connectivity index (χ0v) is 13.5. The van der Waals surface area contributed by atoms with Crippen LogP contribution in [-0.2, 0) is 0 Å². The molecule has 0 saturated heterocycles. The van der Waals surface area contributed by atoms with Crippen molar-refractivity contribution in [3.63, 3.8) is 0 Å². The zero-order chi connectivity index (χ0) is 17.0. The lowest BCUT2D eigenvalue weighted by Gasteiger charge is -2.14. The van der Waals surface area contributed by atoms with E-state index in [1.807, 2.05) is 0 Å². The average molecular weight is 389 g/mol. The molecule has 2 aromatic rings. The van der Waals surface area contributed by atoms with Crippen LogP contribution in [0.1, 0.15) is 0 Å². The van der Waals surface area contributed by atoms with Gasteiger partial charge >= 0.3 is 0 Å². The Labute approximate surface area is 142 Å². The normalized spacial score (nSPS) is 11.4. The Morgan fingerprint density at radius 3 is 2.29 bits per heavy atom. The molecule has 120 valence electrons. The van der Waals surface area contributed by atoms with Crippen molar-refractivity contribution in [2.45, 2.75) is 0 Å². The van der Waals surface area contributed by atoms with Crippen molar-refractivity contribution < 1.29 is 24.2 Å². The Hall–Kier alpha value is -2.93. The van der Waals surface area contributed by atoms with E-state index in [1.165, 1.54) is 18.2 Å². The summed E-state index contributed by atoms with van der Waals surface area (Å²) in [6, 6.07) is 8.43. The van der Waals surface area contributed by atoms with Gasteiger partial charge in [0.25, 0.3) is 0 Å². The van der Waals surface area contributed by atoms with Crippen molar-refractivity contribution in [2.24, 2.45) is 0 Å². The molecule has 4 rings (SSSR count). The third-order valence-corrected chi connectivity index (χ3v) is 4.14. The Morgan fingerprint density at radius 1 is 0.833 bits per heavy atom. The third kappa shape index (κ3) is 2.13. The standard InChI is InChI=1S/C17H9BrO6/c18-16-2-1-13(24-16)17-7-3-9(19)11(21)5-14(7)23-15-6-12(22)10(20)4-8(15)17/h1-6,19-21H. The molecule has 3 N–H and O–H groups in total. The van der Waals surface area contributed by atoms with Crippen LogP contribution in [0.5, 0.6) is 17.2 Å². The Morgan fingerprint density at radius 2 is 1.58 bits per heavy atom. The fraction of sp³-hybridized carbons (Fsp3) is 0. The van der Waals surface area contributed by atoms with Crippen molar-refractivity contribution in [1.82, 2.24) is 0 Å². The molecule has 1 aromatic heterocycles. The molecule has 1 aliphatic carbocycles. The molecule has 0 bridgehead atoms. The number of hydrogen-bond donors (Lipinski definition) is 3. The van der Waals surface area contributed by atoms with E-state index < -0.39 is 11.2 Å². The summed E-state index contributed by atoms with van der Waals surface area (Å²) in [5, 5.41) is 29.8. The highest BCUT2D eigenvalue weighted by Gasteiger charge is 2.22. The number of phenols is 3. The zero-order valence-electron chi connectivity index (χ0n) is 11.9. The average Bonchev–Trinajstić information content (AvgIpc) is 2.94. The van der Waals surface area contributed by atoms with Crippen LogP contribution in [0.15, 0.2) is 54.7 Å². The van der Waals surface area contributed by atoms with Crippen molar-refractivity contribution in [2.75, 3.05) is 0 Å². The summed E-state index contributed by atoms with van der Waals surface area (Å²) in [6.45, 7) is 0. The monoisotopic (exact) mass is 388 g/mol. The molecule has 0 unspecified atom stereocenters. The largest absolute Gasteiger partial charge is 0.504 e. The molecule has 7 heteroatoms. The summed E-state index contributed by atoms with van der Waals surface area (Å²) in [6.07, 6.45) is 0. The maximum Gasteiger partial charge on any atom is 0.223 e. The van der Waals surface area contributed by atoms with Gasteiger partial charge in [-0.3, -0.25) is 4.79 Å². The summed E-state index contributed by atoms with van der Waals surface area (Å²) in [4.78, 5) is 11.7. The van der Waals surface area contributed by atoms with E-state index in [1.54, 1.807) is 12.1 Å². The van der Waals surface area contributed by atoms with Crippen LogP contribution in [0.25, 0.3) is 33.6 Å². The van der Waals surface area contributed by atoms with Crippen LogP contribution in [0, 0.1) is 0 Å². The molecule has 2 heterocycles. The van der Waals surface area contributed by atoms with E-state index in [4.69, 9.17) is 8.83 Å². The predicted molar refractivity (Wildman–Crippen MR) is 89.5 cm³/mol. The van der Waals surface area contributed by atoms with E-state index in [-0.39, 0.29) is 22.8 Å². The molecule has 0 atom stereocenters. The molecule has 6 nitrogen and oxygen atoms in total. The van der Waals surface area contributed by atoms with Gasteiger partial charge in [0, 0.05) is 28.6 Å². The van der Waals surface area contributed by atoms with Gasteiger partial charge < -0.3 is 24.2 Å². The highest BCUT2D eigenvalue weighted by Crippen LogP contribution is 2.44. The summed E-state index contributed by atoms with van der Waals surface area (Å²) in [5.74, 6) is -0.437. The van der Waals surface area contributed by atoms with Gasteiger partial charge in [-0.05, 0) is 40.2 Å². The number of rotatable bonds is 1. The Kier molecular flexibility index (Phi) is 3.07. The minimum atomic E-state index is -0.583. The molecule has 24 heavy (non-hydrogen) atoms. The van der Waals surface area contributed by atoms with Gasteiger partial charge in [0.15, 0.2) is 21.9 Å². The van der Waals surface area contributed by atoms with E-state index in [0.717, 1.165) is 6.07 Å². The minimum Gasteiger partial charge on any atom is -0.504 e. The van der Waals surface area contributed by atoms with Crippen molar-refractivity contribution in [3.05, 3.63) is 51.3 Å². The minimum absolute atomic E-state index is 0.220. The van der Waals surface area contributed by atoms with E-state index in [9.17, 15) is 20.1 Å². The number of aromatic hydroxyl groups is 3. The van der Waals surface area contributed by atoms with E-state index >= 15 is 0 Å². The smallest absolute Gasteiger partial charge is 0.223 e. The highest BCUT2D eigenvalue weighted by atomic mass is 79.9. The van der Waals surface area contributed by atoms with Gasteiger partial charge in [-0.25, -0.2) is 0 Å². The second-order valence-electron chi connectivity index (χ2n) is 5.23. The number of hydrogen-bond acceptors (Lipinski definition) is 6. The summed E-state index contributed by atoms with van der Waals surface area (Å²) in [7, 11) is 0. The van der Waals surface area contributed by atoms with Gasteiger partial charge in [0.1, 0.15) is 17.1 Å². The first-order valence-corrected chi connectivity index (χ1v) is 7.64. The maximum atomic E-state index is 11.7. The van der Waals surface area contributed by atoms with Crippen LogP contribution in [0.2, 0.25) is 0 Å². The van der Waals surface area contributed by atoms with E-state index in [0.29, 0.717) is 26.9 Å². The van der Waals surface area contributed by atoms with Crippen LogP contribution >= 0.6 is 15.9 Å². The van der Waals surface area contributed by atoms with E-state index in [2.05, 4.69) is 15.9 Å². The summed E-state index contributed by atoms with van der Waals surface area (Å²) >= 11 is 3.23. The quantitative estimate of drug-likeness (QED) is 0.335. The molecular weight excluding hydrogens is 380 g/mol. The molecule has 0 spiro atoms. The van der Waals surface area contributed by atoms with Crippen molar-refractivity contribution in [3.8, 4) is 39.9 Å². The van der Waals surface area contributed by atoms with Gasteiger partial charge in [-0.1, -0.05) is 0 Å². The summed E-state index contributed by atoms with van der Waals surface area (Å²) in [5.41, 5.74) is 0.625. The fourth-order valence-electron chi connectivity index (χ4n) is 2.64. The molecular formula is C17H9BrO6. The van der Waals surface area contributed by atoms with Gasteiger partial charge in [0.05, 0.1) is 0 Å². The van der Waals surface area contributed by atoms with Crippen molar-refractivity contribution in [1.29, 1.82) is 0 Å². The molecule has 0 radical (unpaired) electrons. The lowest BCUT2D eigenvalue weighted by Crippen LogP contribution is -2.01. The Bertz CT molecular complexity index is 1120. The van der Waals surface area contributed by atoms with Crippen LogP contribution in [-0.4, -0.2) is 15.3 Å². The fourth-order valence-corrected chi connectivity index (χ4v) is 2.95. The third-order valence-electron chi connectivity index (χ3n) is 3.72. The molecule has 0 fully saturated rings. The lowest BCUT2D eigenvalue weighted by atomic mass is 9.97. The molecule has 2 aliphatic rings. The summed E-state index contributed by atoms with van der Waals surface area (Å²) < 4.78 is 11.7. The second-order valence-corrected chi connectivity index (χ2v) is 6.02. The Balaban J connectivity index is 2.24. The molecule has 0 amide bonds. The highest BCUT2D eigenvalue weighted by molar-refractivity contribution is 9.10. The topological polar surface area (TPSA) is 104 Å². The van der Waals surface area contributed by atoms with Gasteiger partial charge in [0.2, 0.25) is 5.43 Å². The number of furan rings is 1. The molecule has 1 aliphatic heterocycles. The first-order chi connectivity index (χ1) is 11.4. The van der Waals surface area contributed by atoms with Gasteiger partial charge in [-0.15, -0.1) is 0 Å². The van der Waals surface area contributed by atoms with Crippen LogP contribution < -0.4 is 5.43 Å². The number of phenolic OH excluding ortho intramolecular Hbond substituents is 3. The second kappa shape index (κ2) is 5.04. The number of benzene rings is 2. The first-order valence-electron chi connectivity index (χ1n) is 6.85. The lowest BCUT2D eigenvalue weighted by molar-refractivity contribution is 0.403. The first kappa shape index (κ1) is 14.6. The maximum absolute atomic E-state index is 11.7. The van der Waals surface area contributed by atoms with Crippen LogP contribution in [0.3, 0.4) is 0 Å². The SMILES string of the molecule is O=c1cc2oc3cc(O)c(O)cc3c(-c3ccc(Br)o3)c-2cc1O. The number of halogens is 1.